The summed E-state index contributed by atoms with van der Waals surface area (Å²) >= 11 is 0. The lowest BCUT2D eigenvalue weighted by Crippen LogP contribution is -2.24. The summed E-state index contributed by atoms with van der Waals surface area (Å²) in [5, 5.41) is 21.6. The molecule has 6 nitrogen and oxygen atoms in total. The zero-order chi connectivity index (χ0) is 26.0. The van der Waals surface area contributed by atoms with Crippen LogP contribution in [0.1, 0.15) is 59.5 Å². The molecule has 5 rings (SSSR count). The lowest BCUT2D eigenvalue weighted by molar-refractivity contribution is -0.192. The van der Waals surface area contributed by atoms with E-state index >= 15 is 0 Å². The average Bonchev–Trinajstić information content (AvgIpc) is 3.13. The van der Waals surface area contributed by atoms with Crippen LogP contribution in [0.25, 0.3) is 22.2 Å². The van der Waals surface area contributed by atoms with Crippen molar-refractivity contribution in [1.82, 2.24) is 9.88 Å². The Morgan fingerprint density at radius 1 is 1.03 bits per heavy atom. The van der Waals surface area contributed by atoms with Gasteiger partial charge in [0.25, 0.3) is 0 Å². The number of para-hydroxylation sites is 1. The number of fused-ring (bicyclic) bond motifs is 5. The van der Waals surface area contributed by atoms with Gasteiger partial charge in [-0.05, 0) is 48.1 Å². The third-order valence-corrected chi connectivity index (χ3v) is 6.75. The number of carbonyl (C=O) groups is 2. The minimum Gasteiger partial charge on any atom is -0.478 e. The number of nitrogens with one attached hydrogen (secondary N) is 1. The molecule has 1 fully saturated rings. The zero-order valence-corrected chi connectivity index (χ0v) is 19.4. The van der Waals surface area contributed by atoms with E-state index < -0.39 is 23.9 Å². The van der Waals surface area contributed by atoms with Gasteiger partial charge in [0.1, 0.15) is 5.82 Å². The highest BCUT2D eigenvalue weighted by atomic mass is 19.4. The molecule has 36 heavy (non-hydrogen) atoms. The smallest absolute Gasteiger partial charge is 0.478 e. The summed E-state index contributed by atoms with van der Waals surface area (Å²) in [6.07, 6.45) is 0.827. The van der Waals surface area contributed by atoms with Crippen LogP contribution < -0.4 is 5.32 Å². The van der Waals surface area contributed by atoms with Crippen molar-refractivity contribution in [1.29, 1.82) is 0 Å². The maximum atomic E-state index is 14.3. The molecule has 2 aromatic carbocycles. The van der Waals surface area contributed by atoms with Crippen LogP contribution >= 0.6 is 0 Å². The van der Waals surface area contributed by atoms with E-state index in [0.717, 1.165) is 42.7 Å². The van der Waals surface area contributed by atoms with Crippen LogP contribution in [0.15, 0.2) is 36.4 Å². The lowest BCUT2D eigenvalue weighted by Gasteiger charge is -2.26. The Labute approximate surface area is 204 Å². The first-order valence-corrected chi connectivity index (χ1v) is 11.8. The van der Waals surface area contributed by atoms with Crippen molar-refractivity contribution in [2.45, 2.75) is 57.3 Å². The van der Waals surface area contributed by atoms with Crippen LogP contribution in [0.4, 0.5) is 17.6 Å². The van der Waals surface area contributed by atoms with Gasteiger partial charge in [0, 0.05) is 36.1 Å². The van der Waals surface area contributed by atoms with Crippen molar-refractivity contribution < 1.29 is 37.4 Å². The van der Waals surface area contributed by atoms with Crippen LogP contribution in [-0.4, -0.2) is 39.4 Å². The number of carboxylic acids is 2. The molecular weight excluding hydrogens is 480 g/mol. The monoisotopic (exact) mass is 506 g/mol. The third-order valence-electron chi connectivity index (χ3n) is 6.75. The van der Waals surface area contributed by atoms with Crippen molar-refractivity contribution in [2.24, 2.45) is 0 Å². The van der Waals surface area contributed by atoms with Crippen LogP contribution in [0.5, 0.6) is 0 Å². The highest BCUT2D eigenvalue weighted by Gasteiger charge is 2.38. The van der Waals surface area contributed by atoms with E-state index in [0.29, 0.717) is 18.0 Å². The van der Waals surface area contributed by atoms with E-state index in [-0.39, 0.29) is 5.56 Å². The SMILES string of the molecule is O=C(O)C(F)(F)F.O=C(O)c1cc(F)cc2c1-c1c(C3CCCCC3)c3ccccc3n1CCNC2. The van der Waals surface area contributed by atoms with Gasteiger partial charge in [-0.15, -0.1) is 0 Å². The number of rotatable bonds is 2. The number of aromatic carboxylic acids is 1. The Morgan fingerprint density at radius 3 is 2.33 bits per heavy atom. The number of aromatic nitrogens is 1. The fourth-order valence-corrected chi connectivity index (χ4v) is 5.30. The summed E-state index contributed by atoms with van der Waals surface area (Å²) in [6, 6.07) is 11.0. The van der Waals surface area contributed by atoms with Crippen LogP contribution in [0.2, 0.25) is 0 Å². The fraction of sp³-hybridized carbons (Fsp3) is 0.385. The Morgan fingerprint density at radius 2 is 1.69 bits per heavy atom. The standard InChI is InChI=1S/C24H25FN2O2.C2HF3O2/c25-17-12-16-14-26-10-11-27-20-9-5-4-8-18(20)21(15-6-2-1-3-7-15)23(27)22(16)19(13-17)24(28)29;3-2(4,5)1(6)7/h4-5,8-9,12-13,15,26H,1-3,6-7,10-11,14H2,(H,28,29);(H,6,7). The minimum atomic E-state index is -5.08. The minimum absolute atomic E-state index is 0.0600. The quantitative estimate of drug-likeness (QED) is 0.375. The van der Waals surface area contributed by atoms with Crippen molar-refractivity contribution in [2.75, 3.05) is 6.54 Å². The maximum Gasteiger partial charge on any atom is 0.490 e. The summed E-state index contributed by atoms with van der Waals surface area (Å²) in [7, 11) is 0. The number of hydrogen-bond acceptors (Lipinski definition) is 3. The van der Waals surface area contributed by atoms with E-state index in [1.165, 1.54) is 42.3 Å². The lowest BCUT2D eigenvalue weighted by atomic mass is 9.80. The third kappa shape index (κ3) is 5.09. The topological polar surface area (TPSA) is 91.6 Å². The van der Waals surface area contributed by atoms with Gasteiger partial charge in [-0.3, -0.25) is 0 Å². The largest absolute Gasteiger partial charge is 0.490 e. The number of halogens is 4. The van der Waals surface area contributed by atoms with Gasteiger partial charge in [0.15, 0.2) is 0 Å². The first kappa shape index (κ1) is 25.7. The molecule has 0 saturated heterocycles. The molecule has 0 amide bonds. The predicted octanol–water partition coefficient (Wildman–Crippen LogP) is 5.93. The zero-order valence-electron chi connectivity index (χ0n) is 19.4. The Bertz CT molecular complexity index is 1290. The summed E-state index contributed by atoms with van der Waals surface area (Å²) in [5.74, 6) is -3.91. The molecule has 192 valence electrons. The van der Waals surface area contributed by atoms with E-state index in [9.17, 15) is 27.5 Å². The van der Waals surface area contributed by atoms with Gasteiger partial charge in [0.05, 0.1) is 11.3 Å². The van der Waals surface area contributed by atoms with Crippen molar-refractivity contribution in [3.8, 4) is 11.3 Å². The summed E-state index contributed by atoms with van der Waals surface area (Å²) in [6.45, 7) is 1.99. The molecule has 0 spiro atoms. The van der Waals surface area contributed by atoms with Crippen molar-refractivity contribution >= 4 is 22.8 Å². The Balaban J connectivity index is 0.000000384. The van der Waals surface area contributed by atoms with E-state index in [1.54, 1.807) is 0 Å². The molecule has 0 atom stereocenters. The van der Waals surface area contributed by atoms with Gasteiger partial charge in [-0.1, -0.05) is 37.5 Å². The second kappa shape index (κ2) is 10.3. The molecule has 0 unspecified atom stereocenters. The number of hydrogen-bond donors (Lipinski definition) is 3. The van der Waals surface area contributed by atoms with Crippen molar-refractivity contribution in [3.63, 3.8) is 0 Å². The van der Waals surface area contributed by atoms with Gasteiger partial charge in [0.2, 0.25) is 0 Å². The highest BCUT2D eigenvalue weighted by molar-refractivity contribution is 6.01. The molecule has 2 heterocycles. The van der Waals surface area contributed by atoms with Crippen LogP contribution in [0, 0.1) is 5.82 Å². The fourth-order valence-electron chi connectivity index (χ4n) is 5.30. The number of benzene rings is 2. The molecule has 10 heteroatoms. The molecular formula is C26H26F4N2O4. The Hall–Kier alpha value is -3.40. The molecule has 1 aliphatic heterocycles. The van der Waals surface area contributed by atoms with E-state index in [1.807, 2.05) is 6.07 Å². The van der Waals surface area contributed by atoms with E-state index in [4.69, 9.17) is 9.90 Å². The van der Waals surface area contributed by atoms with Gasteiger partial charge >= 0.3 is 18.1 Å². The second-order valence-corrected chi connectivity index (χ2v) is 9.04. The molecule has 3 aromatic rings. The molecule has 1 saturated carbocycles. The van der Waals surface area contributed by atoms with Gasteiger partial charge in [-0.2, -0.15) is 13.2 Å². The van der Waals surface area contributed by atoms with E-state index in [2.05, 4.69) is 28.1 Å². The predicted molar refractivity (Wildman–Crippen MR) is 126 cm³/mol. The van der Waals surface area contributed by atoms with Crippen molar-refractivity contribution in [3.05, 3.63) is 58.9 Å². The average molecular weight is 506 g/mol. The molecule has 2 aliphatic rings. The van der Waals surface area contributed by atoms with Gasteiger partial charge in [-0.25, -0.2) is 14.0 Å². The number of carboxylic acid groups (broad SMARTS) is 2. The first-order chi connectivity index (χ1) is 17.1. The molecule has 0 bridgehead atoms. The maximum absolute atomic E-state index is 14.3. The number of alkyl halides is 3. The summed E-state index contributed by atoms with van der Waals surface area (Å²) < 4.78 is 48.3. The van der Waals surface area contributed by atoms with Crippen LogP contribution in [0.3, 0.4) is 0 Å². The Kier molecular flexibility index (Phi) is 7.35. The highest BCUT2D eigenvalue weighted by Crippen LogP contribution is 2.46. The molecule has 1 aromatic heterocycles. The summed E-state index contributed by atoms with van der Waals surface area (Å²) in [4.78, 5) is 21.0. The number of nitrogens with zero attached hydrogens (tertiary/aromatic N) is 1. The number of aliphatic carboxylic acids is 1. The van der Waals surface area contributed by atoms with Crippen LogP contribution in [-0.2, 0) is 17.9 Å². The molecule has 0 radical (unpaired) electrons. The molecule has 3 N–H and O–H groups in total. The first-order valence-electron chi connectivity index (χ1n) is 11.8. The summed E-state index contributed by atoms with van der Waals surface area (Å²) in [5.41, 5.74) is 4.86. The molecule has 1 aliphatic carbocycles. The second-order valence-electron chi connectivity index (χ2n) is 9.04. The normalized spacial score (nSPS) is 16.2. The van der Waals surface area contributed by atoms with Gasteiger partial charge < -0.3 is 20.1 Å².